The standard InChI is InChI=1S/C18H19FO3/c1-13(20)2-3-14-4-10-17(11-5-14)22-12-18(21)15-6-8-16(19)9-7-15/h4-11,18,21H,2-3,12H2,1H3. The third-order valence-electron chi connectivity index (χ3n) is 3.35. The zero-order chi connectivity index (χ0) is 15.9. The Bertz CT molecular complexity index is 605. The van der Waals surface area contributed by atoms with Crippen molar-refractivity contribution in [2.45, 2.75) is 25.9 Å². The number of aliphatic hydroxyl groups excluding tert-OH is 1. The molecule has 3 nitrogen and oxygen atoms in total. The lowest BCUT2D eigenvalue weighted by atomic mass is 10.1. The van der Waals surface area contributed by atoms with Gasteiger partial charge in [0, 0.05) is 6.42 Å². The van der Waals surface area contributed by atoms with Crippen LogP contribution in [-0.2, 0) is 11.2 Å². The highest BCUT2D eigenvalue weighted by Gasteiger charge is 2.08. The minimum atomic E-state index is -0.807. The monoisotopic (exact) mass is 302 g/mol. The summed E-state index contributed by atoms with van der Waals surface area (Å²) in [5, 5.41) is 9.99. The smallest absolute Gasteiger partial charge is 0.130 e. The molecule has 1 atom stereocenters. The summed E-state index contributed by atoms with van der Waals surface area (Å²) in [7, 11) is 0. The SMILES string of the molecule is CC(=O)CCc1ccc(OCC(O)c2ccc(F)cc2)cc1. The van der Waals surface area contributed by atoms with E-state index in [0.29, 0.717) is 24.2 Å². The zero-order valence-electron chi connectivity index (χ0n) is 12.5. The number of benzene rings is 2. The maximum absolute atomic E-state index is 12.8. The molecule has 2 aromatic carbocycles. The Kier molecular flexibility index (Phi) is 5.67. The lowest BCUT2D eigenvalue weighted by molar-refractivity contribution is -0.116. The van der Waals surface area contributed by atoms with E-state index in [2.05, 4.69) is 0 Å². The number of halogens is 1. The van der Waals surface area contributed by atoms with Crippen LogP contribution in [0, 0.1) is 5.82 Å². The molecule has 22 heavy (non-hydrogen) atoms. The van der Waals surface area contributed by atoms with E-state index >= 15 is 0 Å². The number of aryl methyl sites for hydroxylation is 1. The molecule has 2 aromatic rings. The molecule has 116 valence electrons. The molecule has 0 amide bonds. The van der Waals surface area contributed by atoms with E-state index in [9.17, 15) is 14.3 Å². The Balaban J connectivity index is 1.85. The second-order valence-electron chi connectivity index (χ2n) is 5.22. The molecule has 0 aliphatic carbocycles. The van der Waals surface area contributed by atoms with Crippen LogP contribution in [-0.4, -0.2) is 17.5 Å². The summed E-state index contributed by atoms with van der Waals surface area (Å²) in [5.74, 6) is 0.480. The summed E-state index contributed by atoms with van der Waals surface area (Å²) in [4.78, 5) is 10.9. The van der Waals surface area contributed by atoms with Gasteiger partial charge < -0.3 is 14.6 Å². The largest absolute Gasteiger partial charge is 0.491 e. The molecule has 0 spiro atoms. The molecule has 1 N–H and O–H groups in total. The predicted octanol–water partition coefficient (Wildman–Crippen LogP) is 3.46. The lowest BCUT2D eigenvalue weighted by Crippen LogP contribution is -2.09. The molecule has 1 unspecified atom stereocenters. The number of ether oxygens (including phenoxy) is 1. The zero-order valence-corrected chi connectivity index (χ0v) is 12.5. The van der Waals surface area contributed by atoms with Crippen molar-refractivity contribution in [2.75, 3.05) is 6.61 Å². The topological polar surface area (TPSA) is 46.5 Å². The van der Waals surface area contributed by atoms with Crippen LogP contribution >= 0.6 is 0 Å². The van der Waals surface area contributed by atoms with Gasteiger partial charge in [0.1, 0.15) is 30.1 Å². The Labute approximate surface area is 129 Å². The molecule has 0 radical (unpaired) electrons. The first kappa shape index (κ1) is 16.2. The second-order valence-corrected chi connectivity index (χ2v) is 5.22. The fraction of sp³-hybridized carbons (Fsp3) is 0.278. The van der Waals surface area contributed by atoms with Gasteiger partial charge in [-0.15, -0.1) is 0 Å². The van der Waals surface area contributed by atoms with E-state index < -0.39 is 6.10 Å². The fourth-order valence-electron chi connectivity index (χ4n) is 2.03. The highest BCUT2D eigenvalue weighted by molar-refractivity contribution is 5.75. The van der Waals surface area contributed by atoms with E-state index in [1.54, 1.807) is 6.92 Å². The maximum Gasteiger partial charge on any atom is 0.130 e. The van der Waals surface area contributed by atoms with Crippen LogP contribution in [0.1, 0.15) is 30.6 Å². The average Bonchev–Trinajstić information content (AvgIpc) is 2.52. The number of carbonyl (C=O) groups excluding carboxylic acids is 1. The van der Waals surface area contributed by atoms with Crippen molar-refractivity contribution in [3.8, 4) is 5.75 Å². The third-order valence-corrected chi connectivity index (χ3v) is 3.35. The van der Waals surface area contributed by atoms with Gasteiger partial charge in [0.05, 0.1) is 0 Å². The first-order valence-corrected chi connectivity index (χ1v) is 7.19. The van der Waals surface area contributed by atoms with Gasteiger partial charge in [-0.1, -0.05) is 24.3 Å². The first-order valence-electron chi connectivity index (χ1n) is 7.19. The Morgan fingerprint density at radius 1 is 1.14 bits per heavy atom. The fourth-order valence-corrected chi connectivity index (χ4v) is 2.03. The molecule has 0 saturated carbocycles. The number of rotatable bonds is 7. The van der Waals surface area contributed by atoms with E-state index in [-0.39, 0.29) is 18.2 Å². The Morgan fingerprint density at radius 2 is 1.77 bits per heavy atom. The van der Waals surface area contributed by atoms with Crippen molar-refractivity contribution in [3.05, 3.63) is 65.5 Å². The number of carbonyl (C=O) groups is 1. The number of ketones is 1. The van der Waals surface area contributed by atoms with Crippen molar-refractivity contribution >= 4 is 5.78 Å². The lowest BCUT2D eigenvalue weighted by Gasteiger charge is -2.13. The van der Waals surface area contributed by atoms with Crippen LogP contribution in [0.15, 0.2) is 48.5 Å². The summed E-state index contributed by atoms with van der Waals surface area (Å²) in [6.07, 6.45) is 0.440. The van der Waals surface area contributed by atoms with Gasteiger partial charge in [-0.2, -0.15) is 0 Å². The highest BCUT2D eigenvalue weighted by atomic mass is 19.1. The quantitative estimate of drug-likeness (QED) is 0.852. The molecule has 2 rings (SSSR count). The second kappa shape index (κ2) is 7.71. The highest BCUT2D eigenvalue weighted by Crippen LogP contribution is 2.18. The first-order chi connectivity index (χ1) is 10.5. The summed E-state index contributed by atoms with van der Waals surface area (Å²) in [5.41, 5.74) is 1.68. The molecule has 0 saturated heterocycles. The van der Waals surface area contributed by atoms with Crippen LogP contribution in [0.3, 0.4) is 0 Å². The van der Waals surface area contributed by atoms with Crippen LogP contribution in [0.25, 0.3) is 0 Å². The van der Waals surface area contributed by atoms with E-state index in [1.807, 2.05) is 24.3 Å². The van der Waals surface area contributed by atoms with Gasteiger partial charge >= 0.3 is 0 Å². The number of hydrogen-bond donors (Lipinski definition) is 1. The third kappa shape index (κ3) is 4.97. The van der Waals surface area contributed by atoms with Gasteiger partial charge in [-0.05, 0) is 48.7 Å². The number of Topliss-reactive ketones (excluding diaryl/α,β-unsaturated/α-hetero) is 1. The number of hydrogen-bond acceptors (Lipinski definition) is 3. The molecule has 0 aliphatic rings. The van der Waals surface area contributed by atoms with Crippen molar-refractivity contribution in [1.82, 2.24) is 0 Å². The summed E-state index contributed by atoms with van der Waals surface area (Å²) < 4.78 is 18.3. The summed E-state index contributed by atoms with van der Waals surface area (Å²) in [6, 6.07) is 13.1. The molecular weight excluding hydrogens is 283 g/mol. The Hall–Kier alpha value is -2.20. The molecule has 4 heteroatoms. The van der Waals surface area contributed by atoms with Crippen LogP contribution in [0.5, 0.6) is 5.75 Å². The molecule has 0 fully saturated rings. The van der Waals surface area contributed by atoms with Gasteiger partial charge in [0.2, 0.25) is 0 Å². The maximum atomic E-state index is 12.8. The molecule has 0 heterocycles. The molecule has 0 aromatic heterocycles. The molecule has 0 aliphatic heterocycles. The molecular formula is C18H19FO3. The van der Waals surface area contributed by atoms with Crippen LogP contribution < -0.4 is 4.74 Å². The van der Waals surface area contributed by atoms with Gasteiger partial charge in [0.15, 0.2) is 0 Å². The normalized spacial score (nSPS) is 12.0. The van der Waals surface area contributed by atoms with Crippen molar-refractivity contribution < 1.29 is 19.0 Å². The van der Waals surface area contributed by atoms with Crippen molar-refractivity contribution in [3.63, 3.8) is 0 Å². The minimum absolute atomic E-state index is 0.0957. The van der Waals surface area contributed by atoms with Crippen LogP contribution in [0.4, 0.5) is 4.39 Å². The van der Waals surface area contributed by atoms with E-state index in [4.69, 9.17) is 4.74 Å². The van der Waals surface area contributed by atoms with E-state index in [0.717, 1.165) is 5.56 Å². The van der Waals surface area contributed by atoms with Gasteiger partial charge in [-0.25, -0.2) is 4.39 Å². The number of aliphatic hydroxyl groups is 1. The van der Waals surface area contributed by atoms with Crippen LogP contribution in [0.2, 0.25) is 0 Å². The Morgan fingerprint density at radius 3 is 2.36 bits per heavy atom. The van der Waals surface area contributed by atoms with E-state index in [1.165, 1.54) is 24.3 Å². The predicted molar refractivity (Wildman–Crippen MR) is 82.3 cm³/mol. The van der Waals surface area contributed by atoms with Gasteiger partial charge in [0.25, 0.3) is 0 Å². The minimum Gasteiger partial charge on any atom is -0.491 e. The summed E-state index contributed by atoms with van der Waals surface area (Å²) >= 11 is 0. The van der Waals surface area contributed by atoms with Crippen molar-refractivity contribution in [2.24, 2.45) is 0 Å². The average molecular weight is 302 g/mol. The van der Waals surface area contributed by atoms with Crippen molar-refractivity contribution in [1.29, 1.82) is 0 Å². The summed E-state index contributed by atoms with van der Waals surface area (Å²) in [6.45, 7) is 1.67. The van der Waals surface area contributed by atoms with Gasteiger partial charge in [-0.3, -0.25) is 0 Å². The molecule has 0 bridgehead atoms.